The van der Waals surface area contributed by atoms with E-state index in [0.717, 1.165) is 17.8 Å². The molecule has 0 amide bonds. The average molecular weight is 307 g/mol. The molecular weight excluding hydrogens is 286 g/mol. The van der Waals surface area contributed by atoms with Crippen molar-refractivity contribution in [1.82, 2.24) is 0 Å². The summed E-state index contributed by atoms with van der Waals surface area (Å²) in [6.07, 6.45) is 9.60. The Kier molecular flexibility index (Phi) is 3.52. The van der Waals surface area contributed by atoms with Crippen LogP contribution in [0.2, 0.25) is 0 Å². The highest BCUT2D eigenvalue weighted by Gasteiger charge is 2.33. The number of benzodiazepines with no additional fused rings is 1. The minimum absolute atomic E-state index is 0.00442. The number of ketones is 1. The Morgan fingerprint density at radius 3 is 2.83 bits per heavy atom. The maximum Gasteiger partial charge on any atom is 0.204 e. The summed E-state index contributed by atoms with van der Waals surface area (Å²) in [6, 6.07) is 7.80. The van der Waals surface area contributed by atoms with E-state index < -0.39 is 0 Å². The van der Waals surface area contributed by atoms with E-state index in [0.29, 0.717) is 18.2 Å². The van der Waals surface area contributed by atoms with Crippen molar-refractivity contribution in [2.45, 2.75) is 25.3 Å². The van der Waals surface area contributed by atoms with Gasteiger partial charge in [-0.3, -0.25) is 9.79 Å². The molecule has 0 saturated heterocycles. The molecule has 0 bridgehead atoms. The van der Waals surface area contributed by atoms with Crippen LogP contribution in [0.15, 0.2) is 52.7 Å². The smallest absolute Gasteiger partial charge is 0.204 e. The van der Waals surface area contributed by atoms with Gasteiger partial charge < -0.3 is 10.6 Å². The van der Waals surface area contributed by atoms with Gasteiger partial charge in [0.25, 0.3) is 0 Å². The van der Waals surface area contributed by atoms with Crippen LogP contribution < -0.4 is 10.6 Å². The monoisotopic (exact) mass is 307 g/mol. The first-order valence-corrected chi connectivity index (χ1v) is 8.32. The number of carbonyl (C=O) groups excluding carboxylic acids is 1. The maximum absolute atomic E-state index is 12.7. The zero-order valence-corrected chi connectivity index (χ0v) is 13.1. The van der Waals surface area contributed by atoms with Crippen molar-refractivity contribution in [3.05, 3.63) is 53.3 Å². The summed E-state index contributed by atoms with van der Waals surface area (Å²) >= 11 is 0. The number of carbonyl (C=O) groups is 1. The largest absolute Gasteiger partial charge is 0.396 e. The number of nitrogens with two attached hydrogens (primary N) is 1. The van der Waals surface area contributed by atoms with E-state index >= 15 is 0 Å². The lowest BCUT2D eigenvalue weighted by Crippen LogP contribution is -2.45. The summed E-state index contributed by atoms with van der Waals surface area (Å²) in [4.78, 5) is 19.3. The molecule has 1 fully saturated rings. The van der Waals surface area contributed by atoms with Crippen molar-refractivity contribution in [2.75, 3.05) is 18.0 Å². The molecule has 1 atom stereocenters. The molecule has 4 nitrogen and oxygen atoms in total. The second-order valence-corrected chi connectivity index (χ2v) is 6.49. The summed E-state index contributed by atoms with van der Waals surface area (Å²) in [5.74, 6) is 0.576. The van der Waals surface area contributed by atoms with Crippen molar-refractivity contribution >= 4 is 17.7 Å². The standard InChI is InChI=1S/C19H21N3O/c20-16-10-15(13-5-3-6-13)11-18(19(16)23)22-9-8-21-12-14-4-1-2-7-17(14)22/h1-2,4,7,10-13,18H,3,5-6,8-9,20H2. The highest BCUT2D eigenvalue weighted by molar-refractivity contribution is 6.04. The summed E-state index contributed by atoms with van der Waals surface area (Å²) in [5, 5.41) is 0. The third kappa shape index (κ3) is 2.48. The van der Waals surface area contributed by atoms with Crippen LogP contribution in [0.4, 0.5) is 5.69 Å². The number of anilines is 1. The molecule has 4 heteroatoms. The van der Waals surface area contributed by atoms with E-state index in [9.17, 15) is 4.79 Å². The Labute approximate surface area is 136 Å². The van der Waals surface area contributed by atoms with Gasteiger partial charge in [0.1, 0.15) is 6.04 Å². The average Bonchev–Trinajstić information content (AvgIpc) is 2.71. The van der Waals surface area contributed by atoms with Gasteiger partial charge in [-0.05, 0) is 36.5 Å². The molecule has 2 aliphatic carbocycles. The number of fused-ring (bicyclic) bond motifs is 1. The van der Waals surface area contributed by atoms with E-state index in [1.807, 2.05) is 30.5 Å². The van der Waals surface area contributed by atoms with Gasteiger partial charge in [0.05, 0.1) is 12.2 Å². The molecule has 118 valence electrons. The van der Waals surface area contributed by atoms with Crippen molar-refractivity contribution < 1.29 is 4.79 Å². The molecule has 1 saturated carbocycles. The van der Waals surface area contributed by atoms with Gasteiger partial charge in [-0.15, -0.1) is 0 Å². The Balaban J connectivity index is 1.73. The van der Waals surface area contributed by atoms with E-state index in [2.05, 4.69) is 22.0 Å². The first-order valence-electron chi connectivity index (χ1n) is 8.32. The molecule has 1 aromatic rings. The van der Waals surface area contributed by atoms with Crippen molar-refractivity contribution in [3.63, 3.8) is 0 Å². The fourth-order valence-electron chi connectivity index (χ4n) is 3.55. The number of rotatable bonds is 2. The summed E-state index contributed by atoms with van der Waals surface area (Å²) in [7, 11) is 0. The Morgan fingerprint density at radius 2 is 2.04 bits per heavy atom. The van der Waals surface area contributed by atoms with Crippen LogP contribution in [0.1, 0.15) is 24.8 Å². The third-order valence-electron chi connectivity index (χ3n) is 5.08. The second kappa shape index (κ2) is 5.69. The van der Waals surface area contributed by atoms with Gasteiger partial charge in [0.2, 0.25) is 5.78 Å². The molecule has 2 N–H and O–H groups in total. The van der Waals surface area contributed by atoms with Crippen LogP contribution in [0.25, 0.3) is 0 Å². The number of benzene rings is 1. The van der Waals surface area contributed by atoms with Gasteiger partial charge in [-0.1, -0.05) is 30.7 Å². The number of Topliss-reactive ketones (excluding diaryl/α,β-unsaturated/α-hetero) is 1. The number of allylic oxidation sites excluding steroid dienone is 2. The fourth-order valence-corrected chi connectivity index (χ4v) is 3.55. The minimum atomic E-state index is -0.307. The van der Waals surface area contributed by atoms with Gasteiger partial charge in [0, 0.05) is 24.0 Å². The van der Waals surface area contributed by atoms with Crippen molar-refractivity contribution in [2.24, 2.45) is 16.6 Å². The Morgan fingerprint density at radius 1 is 1.22 bits per heavy atom. The predicted octanol–water partition coefficient (Wildman–Crippen LogP) is 2.45. The SMILES string of the molecule is NC1=CC(C2CCC2)=CC(N2CCN=Cc3ccccc32)C1=O. The first-order chi connectivity index (χ1) is 11.2. The van der Waals surface area contributed by atoms with Gasteiger partial charge in [-0.2, -0.15) is 0 Å². The topological polar surface area (TPSA) is 58.7 Å². The summed E-state index contributed by atoms with van der Waals surface area (Å²) in [6.45, 7) is 1.42. The molecule has 1 aromatic carbocycles. The summed E-state index contributed by atoms with van der Waals surface area (Å²) < 4.78 is 0. The Hall–Kier alpha value is -2.36. The molecular formula is C19H21N3O. The zero-order valence-electron chi connectivity index (χ0n) is 13.1. The van der Waals surface area contributed by atoms with E-state index in [-0.39, 0.29) is 11.8 Å². The highest BCUT2D eigenvalue weighted by Crippen LogP contribution is 2.37. The number of aliphatic imine (C=N–C) groups is 1. The predicted molar refractivity (Wildman–Crippen MR) is 92.7 cm³/mol. The van der Waals surface area contributed by atoms with Gasteiger partial charge in [-0.25, -0.2) is 0 Å². The molecule has 23 heavy (non-hydrogen) atoms. The summed E-state index contributed by atoms with van der Waals surface area (Å²) in [5.41, 5.74) is 9.80. The highest BCUT2D eigenvalue weighted by atomic mass is 16.1. The normalized spacial score (nSPS) is 24.4. The molecule has 0 spiro atoms. The van der Waals surface area contributed by atoms with Gasteiger partial charge >= 0.3 is 0 Å². The number of hydrogen-bond donors (Lipinski definition) is 1. The van der Waals surface area contributed by atoms with Gasteiger partial charge in [0.15, 0.2) is 0 Å². The zero-order chi connectivity index (χ0) is 15.8. The molecule has 0 radical (unpaired) electrons. The lowest BCUT2D eigenvalue weighted by atomic mass is 9.77. The van der Waals surface area contributed by atoms with Crippen LogP contribution in [0.3, 0.4) is 0 Å². The Bertz CT molecular complexity index is 728. The third-order valence-corrected chi connectivity index (χ3v) is 5.08. The van der Waals surface area contributed by atoms with Crippen LogP contribution >= 0.6 is 0 Å². The molecule has 3 aliphatic rings. The second-order valence-electron chi connectivity index (χ2n) is 6.49. The fraction of sp³-hybridized carbons (Fsp3) is 0.368. The van der Waals surface area contributed by atoms with Crippen LogP contribution in [-0.4, -0.2) is 31.1 Å². The molecule has 1 heterocycles. The first kappa shape index (κ1) is 14.2. The van der Waals surface area contributed by atoms with E-state index in [1.54, 1.807) is 0 Å². The van der Waals surface area contributed by atoms with Crippen molar-refractivity contribution in [1.29, 1.82) is 0 Å². The van der Waals surface area contributed by atoms with E-state index in [1.165, 1.54) is 24.8 Å². The number of para-hydroxylation sites is 1. The quantitative estimate of drug-likeness (QED) is 0.913. The van der Waals surface area contributed by atoms with E-state index in [4.69, 9.17) is 5.73 Å². The lowest BCUT2D eigenvalue weighted by molar-refractivity contribution is -0.116. The van der Waals surface area contributed by atoms with Crippen LogP contribution in [0, 0.1) is 5.92 Å². The van der Waals surface area contributed by atoms with Crippen LogP contribution in [0.5, 0.6) is 0 Å². The minimum Gasteiger partial charge on any atom is -0.396 e. The molecule has 4 rings (SSSR count). The molecule has 1 aliphatic heterocycles. The lowest BCUT2D eigenvalue weighted by Gasteiger charge is -2.35. The van der Waals surface area contributed by atoms with Crippen LogP contribution in [-0.2, 0) is 4.79 Å². The molecule has 1 unspecified atom stereocenters. The molecule has 0 aromatic heterocycles. The number of nitrogens with zero attached hydrogens (tertiary/aromatic N) is 2. The maximum atomic E-state index is 12.7. The number of hydrogen-bond acceptors (Lipinski definition) is 4. The van der Waals surface area contributed by atoms with Crippen molar-refractivity contribution in [3.8, 4) is 0 Å².